The monoisotopic (exact) mass is 503 g/mol. The summed E-state index contributed by atoms with van der Waals surface area (Å²) < 4.78 is 30.4. The summed E-state index contributed by atoms with van der Waals surface area (Å²) in [5, 5.41) is 19.4. The van der Waals surface area contributed by atoms with E-state index in [1.165, 1.54) is 43.5 Å². The van der Waals surface area contributed by atoms with E-state index in [2.05, 4.69) is 10.2 Å². The van der Waals surface area contributed by atoms with Gasteiger partial charge < -0.3 is 9.84 Å². The number of imide groups is 1. The number of azo groups is 1. The molecule has 0 saturated heterocycles. The third-order valence-corrected chi connectivity index (χ3v) is 6.95. The standard InChI is InChI=1S/C21H19N3O6S.Cu/c1-3-12(11-30-2)24-20(26)14-8-6-9-15(17(14)21(24)27)22-23-19-18(25)13-7-4-5-10-16(13)31(19,28)29;/h4-10,12,25H,3,11H2,1-2H3;/q;+2/p-1. The van der Waals surface area contributed by atoms with Crippen molar-refractivity contribution in [1.29, 1.82) is 0 Å². The smallest absolute Gasteiger partial charge is 0.870 e. The molecule has 2 aromatic carbocycles. The quantitative estimate of drug-likeness (QED) is 0.338. The fourth-order valence-electron chi connectivity index (χ4n) is 3.70. The predicted molar refractivity (Wildman–Crippen MR) is 108 cm³/mol. The minimum atomic E-state index is -4.11. The van der Waals surface area contributed by atoms with Crippen LogP contribution in [0.3, 0.4) is 0 Å². The minimum absolute atomic E-state index is 0. The molecule has 0 N–H and O–H groups in total. The number of hydrogen-bond donors (Lipinski definition) is 0. The normalized spacial score (nSPS) is 17.5. The molecule has 2 aliphatic heterocycles. The first kappa shape index (κ1) is 23.8. The molecule has 32 heavy (non-hydrogen) atoms. The van der Waals surface area contributed by atoms with Crippen LogP contribution < -0.4 is 5.11 Å². The SMILES string of the molecule is CCC(COC)N1C(=O)c2cccc(N=NC3=C([O-])c4ccccc4S3(=O)=O)c2C1=O.[Cu+2]. The Balaban J connectivity index is 0.00000289. The van der Waals surface area contributed by atoms with Gasteiger partial charge in [-0.3, -0.25) is 14.5 Å². The number of fused-ring (bicyclic) bond motifs is 2. The van der Waals surface area contributed by atoms with Crippen molar-refractivity contribution in [3.63, 3.8) is 0 Å². The molecule has 0 saturated carbocycles. The number of ether oxygens (including phenoxy) is 1. The molecule has 2 aromatic rings. The van der Waals surface area contributed by atoms with E-state index < -0.39 is 38.5 Å². The molecule has 0 spiro atoms. The van der Waals surface area contributed by atoms with Crippen LogP contribution in [-0.4, -0.2) is 44.9 Å². The molecule has 0 aliphatic carbocycles. The van der Waals surface area contributed by atoms with Gasteiger partial charge in [0.05, 0.1) is 34.4 Å². The number of carbonyl (C=O) groups is 2. The molecule has 1 unspecified atom stereocenters. The second-order valence-corrected chi connectivity index (χ2v) is 8.86. The summed E-state index contributed by atoms with van der Waals surface area (Å²) >= 11 is 0. The molecule has 11 heteroatoms. The van der Waals surface area contributed by atoms with E-state index in [1.807, 2.05) is 6.92 Å². The van der Waals surface area contributed by atoms with Gasteiger partial charge in [-0.2, -0.15) is 0 Å². The van der Waals surface area contributed by atoms with E-state index in [9.17, 15) is 23.1 Å². The zero-order valence-corrected chi connectivity index (χ0v) is 18.8. The van der Waals surface area contributed by atoms with Crippen LogP contribution in [0.1, 0.15) is 39.6 Å². The Kier molecular flexibility index (Phi) is 6.66. The summed E-state index contributed by atoms with van der Waals surface area (Å²) in [6, 6.07) is 9.79. The topological polar surface area (TPSA) is 129 Å². The average Bonchev–Trinajstić information content (AvgIpc) is 3.13. The first-order valence-electron chi connectivity index (χ1n) is 9.50. The Labute approximate surface area is 195 Å². The van der Waals surface area contributed by atoms with Gasteiger partial charge in [0.1, 0.15) is 0 Å². The number of carbonyl (C=O) groups excluding carboxylic acids is 2. The molecule has 4 rings (SSSR count). The second kappa shape index (κ2) is 8.95. The van der Waals surface area contributed by atoms with E-state index in [4.69, 9.17) is 4.74 Å². The second-order valence-electron chi connectivity index (χ2n) is 7.03. The van der Waals surface area contributed by atoms with Crippen LogP contribution in [-0.2, 0) is 31.6 Å². The van der Waals surface area contributed by atoms with Crippen molar-refractivity contribution in [2.45, 2.75) is 24.3 Å². The van der Waals surface area contributed by atoms with Crippen LogP contribution in [0.25, 0.3) is 5.76 Å². The Morgan fingerprint density at radius 2 is 1.72 bits per heavy atom. The molecule has 0 bridgehead atoms. The van der Waals surface area contributed by atoms with Gasteiger partial charge in [0.15, 0.2) is 5.03 Å². The Morgan fingerprint density at radius 1 is 1.03 bits per heavy atom. The summed E-state index contributed by atoms with van der Waals surface area (Å²) in [7, 11) is -2.63. The maximum Gasteiger partial charge on any atom is 2.00 e. The molecular formula is C21H18CuN3O6S+. The van der Waals surface area contributed by atoms with Crippen molar-refractivity contribution in [3.05, 3.63) is 64.2 Å². The van der Waals surface area contributed by atoms with Gasteiger partial charge in [-0.1, -0.05) is 36.9 Å². The maximum absolute atomic E-state index is 13.0. The summed E-state index contributed by atoms with van der Waals surface area (Å²) in [4.78, 5) is 26.8. The number of rotatable bonds is 6. The molecule has 2 aliphatic rings. The fraction of sp³-hybridized carbons (Fsp3) is 0.238. The fourth-order valence-corrected chi connectivity index (χ4v) is 5.11. The van der Waals surface area contributed by atoms with Crippen molar-refractivity contribution < 1.29 is 44.9 Å². The van der Waals surface area contributed by atoms with E-state index >= 15 is 0 Å². The van der Waals surface area contributed by atoms with Gasteiger partial charge in [-0.05, 0) is 30.2 Å². The molecule has 2 heterocycles. The number of hydrogen-bond acceptors (Lipinski definition) is 8. The van der Waals surface area contributed by atoms with Crippen LogP contribution in [0.15, 0.2) is 62.6 Å². The molecule has 9 nitrogen and oxygen atoms in total. The first-order chi connectivity index (χ1) is 14.8. The molecule has 169 valence electrons. The van der Waals surface area contributed by atoms with Crippen LogP contribution in [0, 0.1) is 0 Å². The van der Waals surface area contributed by atoms with Gasteiger partial charge in [-0.25, -0.2) is 8.42 Å². The zero-order chi connectivity index (χ0) is 22.3. The van der Waals surface area contributed by atoms with Gasteiger partial charge >= 0.3 is 17.1 Å². The van der Waals surface area contributed by atoms with Gasteiger partial charge in [0.25, 0.3) is 11.8 Å². The van der Waals surface area contributed by atoms with Gasteiger partial charge in [0, 0.05) is 7.11 Å². The van der Waals surface area contributed by atoms with Gasteiger partial charge in [0.2, 0.25) is 9.84 Å². The van der Waals surface area contributed by atoms with Crippen LogP contribution in [0.5, 0.6) is 0 Å². The van der Waals surface area contributed by atoms with Crippen molar-refractivity contribution in [3.8, 4) is 0 Å². The summed E-state index contributed by atoms with van der Waals surface area (Å²) in [5.74, 6) is -1.81. The van der Waals surface area contributed by atoms with Crippen molar-refractivity contribution in [1.82, 2.24) is 4.90 Å². The minimum Gasteiger partial charge on any atom is -0.870 e. The molecule has 1 radical (unpaired) electrons. The van der Waals surface area contributed by atoms with E-state index in [-0.39, 0.29) is 50.9 Å². The number of methoxy groups -OCH3 is 1. The molecule has 0 aromatic heterocycles. The molecule has 0 fully saturated rings. The number of sulfone groups is 1. The van der Waals surface area contributed by atoms with E-state index in [0.29, 0.717) is 6.42 Å². The van der Waals surface area contributed by atoms with Crippen LogP contribution >= 0.6 is 0 Å². The Morgan fingerprint density at radius 3 is 2.38 bits per heavy atom. The molecular weight excluding hydrogens is 486 g/mol. The largest absolute Gasteiger partial charge is 2.00 e. The number of nitrogens with zero attached hydrogens (tertiary/aromatic N) is 3. The maximum atomic E-state index is 13.0. The number of benzene rings is 2. The third kappa shape index (κ3) is 3.57. The van der Waals surface area contributed by atoms with Crippen LogP contribution in [0.2, 0.25) is 0 Å². The van der Waals surface area contributed by atoms with Crippen molar-refractivity contribution in [2.24, 2.45) is 10.2 Å². The molecule has 2 amide bonds. The van der Waals surface area contributed by atoms with E-state index in [1.54, 1.807) is 6.07 Å². The molecule has 1 atom stereocenters. The average molecular weight is 504 g/mol. The third-order valence-electron chi connectivity index (χ3n) is 5.24. The Bertz CT molecular complexity index is 1270. The number of amides is 2. The van der Waals surface area contributed by atoms with Crippen LogP contribution in [0.4, 0.5) is 5.69 Å². The van der Waals surface area contributed by atoms with Gasteiger partial charge in [-0.15, -0.1) is 10.2 Å². The van der Waals surface area contributed by atoms with E-state index in [0.717, 1.165) is 4.90 Å². The summed E-state index contributed by atoms with van der Waals surface area (Å²) in [6.45, 7) is 2.01. The first-order valence-corrected chi connectivity index (χ1v) is 11.0. The Hall–Kier alpha value is -2.85. The van der Waals surface area contributed by atoms with Crippen molar-refractivity contribution >= 4 is 33.1 Å². The zero-order valence-electron chi connectivity index (χ0n) is 17.0. The summed E-state index contributed by atoms with van der Waals surface area (Å²) in [6.07, 6.45) is 0.499. The van der Waals surface area contributed by atoms with Crippen molar-refractivity contribution in [2.75, 3.05) is 13.7 Å². The predicted octanol–water partition coefficient (Wildman–Crippen LogP) is 2.26. The summed E-state index contributed by atoms with van der Waals surface area (Å²) in [5.41, 5.74) is 0.200.